The molecule has 0 atom stereocenters. The van der Waals surface area contributed by atoms with Crippen LogP contribution in [0, 0.1) is 5.92 Å². The van der Waals surface area contributed by atoms with E-state index in [1.807, 2.05) is 50.2 Å². The Balaban J connectivity index is 2.04. The Morgan fingerprint density at radius 2 is 1.97 bits per heavy atom. The molecule has 0 aliphatic rings. The fourth-order valence-corrected chi connectivity index (χ4v) is 3.39. The van der Waals surface area contributed by atoms with Crippen molar-refractivity contribution in [2.75, 3.05) is 13.2 Å². The van der Waals surface area contributed by atoms with E-state index in [9.17, 15) is 4.79 Å². The van der Waals surface area contributed by atoms with Crippen molar-refractivity contribution in [3.05, 3.63) is 58.8 Å². The van der Waals surface area contributed by atoms with Gasteiger partial charge in [0.05, 0.1) is 12.9 Å². The van der Waals surface area contributed by atoms with Gasteiger partial charge in [-0.05, 0) is 49.1 Å². The van der Waals surface area contributed by atoms with Gasteiger partial charge in [-0.3, -0.25) is 4.79 Å². The molecule has 29 heavy (non-hydrogen) atoms. The largest absolute Gasteiger partial charge is 0.493 e. The number of furan rings is 1. The summed E-state index contributed by atoms with van der Waals surface area (Å²) in [6.45, 7) is 9.19. The van der Waals surface area contributed by atoms with E-state index in [-0.39, 0.29) is 5.91 Å². The molecule has 0 unspecified atom stereocenters. The molecule has 1 aromatic heterocycles. The lowest BCUT2D eigenvalue weighted by molar-refractivity contribution is -0.116. The van der Waals surface area contributed by atoms with Crippen LogP contribution in [-0.4, -0.2) is 19.1 Å². The number of nitrogens with one attached hydrogen (secondary N) is 1. The van der Waals surface area contributed by atoms with E-state index >= 15 is 0 Å². The molecule has 1 N–H and O–H groups in total. The molecule has 0 saturated carbocycles. The van der Waals surface area contributed by atoms with E-state index in [1.165, 1.54) is 0 Å². The molecule has 4 nitrogen and oxygen atoms in total. The second-order valence-corrected chi connectivity index (χ2v) is 8.32. The van der Waals surface area contributed by atoms with Crippen LogP contribution in [0.25, 0.3) is 27.7 Å². The Bertz CT molecular complexity index is 1030. The fourth-order valence-electron chi connectivity index (χ4n) is 3.12. The Kier molecular flexibility index (Phi) is 6.80. The molecule has 3 rings (SSSR count). The second-order valence-electron chi connectivity index (χ2n) is 7.40. The molecule has 0 aliphatic carbocycles. The highest BCUT2D eigenvalue weighted by Gasteiger charge is 2.15. The third-order valence-corrected chi connectivity index (χ3v) is 5.12. The SMILES string of the molecule is CCOc1cc2occ(-c3ccc(Br)cc3)c2cc1/C(C)=C/C(=O)NCC(C)C. The monoisotopic (exact) mass is 455 g/mol. The third-order valence-electron chi connectivity index (χ3n) is 4.59. The lowest BCUT2D eigenvalue weighted by Gasteiger charge is -2.12. The van der Waals surface area contributed by atoms with Gasteiger partial charge in [-0.25, -0.2) is 0 Å². The first-order valence-corrected chi connectivity index (χ1v) is 10.6. The average Bonchev–Trinajstić information content (AvgIpc) is 3.09. The standard InChI is InChI=1S/C24H26BrNO3/c1-5-28-22-12-23-20(21(14-29-23)17-6-8-18(25)9-7-17)11-19(22)16(4)10-24(27)26-13-15(2)3/h6-12,14-15H,5,13H2,1-4H3,(H,26,27)/b16-10+. The molecule has 0 saturated heterocycles. The Morgan fingerprint density at radius 3 is 2.62 bits per heavy atom. The van der Waals surface area contributed by atoms with Crippen molar-refractivity contribution in [2.24, 2.45) is 5.92 Å². The molecule has 0 fully saturated rings. The van der Waals surface area contributed by atoms with Crippen LogP contribution in [0.5, 0.6) is 5.75 Å². The van der Waals surface area contributed by atoms with Crippen LogP contribution in [-0.2, 0) is 4.79 Å². The highest BCUT2D eigenvalue weighted by Crippen LogP contribution is 2.37. The number of allylic oxidation sites excluding steroid dienone is 1. The van der Waals surface area contributed by atoms with Gasteiger partial charge in [-0.2, -0.15) is 0 Å². The Morgan fingerprint density at radius 1 is 1.24 bits per heavy atom. The summed E-state index contributed by atoms with van der Waals surface area (Å²) in [5, 5.41) is 3.92. The van der Waals surface area contributed by atoms with Gasteiger partial charge in [-0.15, -0.1) is 0 Å². The predicted octanol–water partition coefficient (Wildman–Crippen LogP) is 6.44. The van der Waals surface area contributed by atoms with Crippen LogP contribution in [0.3, 0.4) is 0 Å². The van der Waals surface area contributed by atoms with Gasteiger partial charge >= 0.3 is 0 Å². The maximum absolute atomic E-state index is 12.3. The van der Waals surface area contributed by atoms with Crippen molar-refractivity contribution >= 4 is 38.4 Å². The molecule has 1 amide bonds. The predicted molar refractivity (Wildman–Crippen MR) is 122 cm³/mol. The van der Waals surface area contributed by atoms with E-state index in [2.05, 4.69) is 35.1 Å². The van der Waals surface area contributed by atoms with E-state index in [0.29, 0.717) is 24.8 Å². The maximum Gasteiger partial charge on any atom is 0.244 e. The van der Waals surface area contributed by atoms with E-state index in [0.717, 1.165) is 37.7 Å². The first-order chi connectivity index (χ1) is 13.9. The Hall–Kier alpha value is -2.53. The summed E-state index contributed by atoms with van der Waals surface area (Å²) in [6.07, 6.45) is 3.40. The summed E-state index contributed by atoms with van der Waals surface area (Å²) >= 11 is 3.48. The number of rotatable bonds is 7. The van der Waals surface area contributed by atoms with Gasteiger partial charge in [0, 0.05) is 39.7 Å². The quantitative estimate of drug-likeness (QED) is 0.417. The van der Waals surface area contributed by atoms with Crippen LogP contribution in [0.15, 0.2) is 57.6 Å². The highest BCUT2D eigenvalue weighted by molar-refractivity contribution is 9.10. The average molecular weight is 456 g/mol. The van der Waals surface area contributed by atoms with Crippen molar-refractivity contribution in [3.8, 4) is 16.9 Å². The molecule has 2 aromatic carbocycles. The van der Waals surface area contributed by atoms with E-state index in [4.69, 9.17) is 9.15 Å². The highest BCUT2D eigenvalue weighted by atomic mass is 79.9. The van der Waals surface area contributed by atoms with Crippen molar-refractivity contribution in [2.45, 2.75) is 27.7 Å². The summed E-state index contributed by atoms with van der Waals surface area (Å²) < 4.78 is 12.7. The minimum atomic E-state index is -0.0981. The summed E-state index contributed by atoms with van der Waals surface area (Å²) in [5.74, 6) is 1.02. The molecule has 152 valence electrons. The zero-order valence-electron chi connectivity index (χ0n) is 17.2. The van der Waals surface area contributed by atoms with E-state index < -0.39 is 0 Å². The van der Waals surface area contributed by atoms with Gasteiger partial charge in [-0.1, -0.05) is 41.9 Å². The summed E-state index contributed by atoms with van der Waals surface area (Å²) in [6, 6.07) is 12.1. The van der Waals surface area contributed by atoms with E-state index in [1.54, 1.807) is 12.3 Å². The topological polar surface area (TPSA) is 51.5 Å². The lowest BCUT2D eigenvalue weighted by atomic mass is 9.99. The summed E-state index contributed by atoms with van der Waals surface area (Å²) in [5.41, 5.74) is 4.57. The summed E-state index contributed by atoms with van der Waals surface area (Å²) in [4.78, 5) is 12.3. The van der Waals surface area contributed by atoms with Crippen molar-refractivity contribution in [1.82, 2.24) is 5.32 Å². The van der Waals surface area contributed by atoms with Crippen molar-refractivity contribution in [1.29, 1.82) is 0 Å². The minimum absolute atomic E-state index is 0.0981. The summed E-state index contributed by atoms with van der Waals surface area (Å²) in [7, 11) is 0. The number of carbonyl (C=O) groups excluding carboxylic acids is 1. The zero-order chi connectivity index (χ0) is 21.0. The number of fused-ring (bicyclic) bond motifs is 1. The number of hydrogen-bond acceptors (Lipinski definition) is 3. The van der Waals surface area contributed by atoms with Crippen LogP contribution in [0.1, 0.15) is 33.3 Å². The van der Waals surface area contributed by atoms with Crippen molar-refractivity contribution in [3.63, 3.8) is 0 Å². The molecule has 0 aliphatic heterocycles. The van der Waals surface area contributed by atoms with Crippen LogP contribution >= 0.6 is 15.9 Å². The van der Waals surface area contributed by atoms with Gasteiger partial charge in [0.1, 0.15) is 11.3 Å². The van der Waals surface area contributed by atoms with Crippen molar-refractivity contribution < 1.29 is 13.9 Å². The zero-order valence-corrected chi connectivity index (χ0v) is 18.8. The number of ether oxygens (including phenoxy) is 1. The number of amides is 1. The number of carbonyl (C=O) groups is 1. The number of halogens is 1. The van der Waals surface area contributed by atoms with Crippen LogP contribution in [0.4, 0.5) is 0 Å². The maximum atomic E-state index is 12.3. The van der Waals surface area contributed by atoms with Gasteiger partial charge in [0.15, 0.2) is 0 Å². The normalized spacial score (nSPS) is 11.9. The minimum Gasteiger partial charge on any atom is -0.493 e. The lowest BCUT2D eigenvalue weighted by Crippen LogP contribution is -2.25. The number of benzene rings is 2. The third kappa shape index (κ3) is 5.10. The number of hydrogen-bond donors (Lipinski definition) is 1. The molecule has 5 heteroatoms. The van der Waals surface area contributed by atoms with Crippen LogP contribution in [0.2, 0.25) is 0 Å². The molecular formula is C24H26BrNO3. The van der Waals surface area contributed by atoms with Crippen LogP contribution < -0.4 is 10.1 Å². The molecule has 3 aromatic rings. The molecule has 1 heterocycles. The molecule has 0 bridgehead atoms. The molecular weight excluding hydrogens is 430 g/mol. The Labute approximate surface area is 180 Å². The molecule has 0 radical (unpaired) electrons. The smallest absolute Gasteiger partial charge is 0.244 e. The van der Waals surface area contributed by atoms with Gasteiger partial charge in [0.25, 0.3) is 0 Å². The molecule has 0 spiro atoms. The first kappa shape index (κ1) is 21.2. The fraction of sp³-hybridized carbons (Fsp3) is 0.292. The first-order valence-electron chi connectivity index (χ1n) is 9.79. The second kappa shape index (κ2) is 9.31. The van der Waals surface area contributed by atoms with Gasteiger partial charge < -0.3 is 14.5 Å². The van der Waals surface area contributed by atoms with Gasteiger partial charge in [0.2, 0.25) is 5.91 Å².